The van der Waals surface area contributed by atoms with Gasteiger partial charge in [-0.05, 0) is 79.3 Å². The molecule has 188 valence electrons. The highest BCUT2D eigenvalue weighted by Gasteiger charge is 2.23. The molecule has 0 unspecified atom stereocenters. The fraction of sp³-hybridized carbons (Fsp3) is 0.310. The molecule has 1 aliphatic carbocycles. The van der Waals surface area contributed by atoms with Crippen molar-refractivity contribution in [3.63, 3.8) is 0 Å². The van der Waals surface area contributed by atoms with Crippen molar-refractivity contribution in [2.45, 2.75) is 38.1 Å². The number of rotatable bonds is 10. The number of hydrogen-bond donors (Lipinski definition) is 4. The zero-order valence-electron chi connectivity index (χ0n) is 20.7. The van der Waals surface area contributed by atoms with Crippen molar-refractivity contribution in [2.75, 3.05) is 31.3 Å². The van der Waals surface area contributed by atoms with Crippen molar-refractivity contribution >= 4 is 28.8 Å². The number of nitrogen functional groups attached to an aromatic ring is 1. The van der Waals surface area contributed by atoms with Gasteiger partial charge in [0.15, 0.2) is 5.78 Å². The number of methoxy groups -OCH3 is 1. The van der Waals surface area contributed by atoms with E-state index >= 15 is 0 Å². The van der Waals surface area contributed by atoms with Gasteiger partial charge in [0, 0.05) is 42.1 Å². The van der Waals surface area contributed by atoms with Crippen molar-refractivity contribution in [1.82, 2.24) is 5.32 Å². The maximum atomic E-state index is 13.4. The van der Waals surface area contributed by atoms with Crippen LogP contribution in [0.3, 0.4) is 0 Å². The van der Waals surface area contributed by atoms with Crippen LogP contribution in [-0.4, -0.2) is 38.0 Å². The number of unbranched alkanes of at least 4 members (excludes halogenated alkanes) is 1. The van der Waals surface area contributed by atoms with Crippen LogP contribution in [0.5, 0.6) is 0 Å². The van der Waals surface area contributed by atoms with Crippen LogP contribution in [-0.2, 0) is 17.6 Å². The molecule has 0 saturated heterocycles. The standard InChI is InChI=1S/C29H34N4O3/c1-36-18-22(30)6-4-5-15-32-29(35)21-12-10-19-9-11-20-16-23(33-27-8-3-2-7-26(27)31)13-14-24(20)28(34)25(19)17-21/h2-3,7-8,10,12-14,16-17,22,33H,4-6,9,11,15,18,30-31H2,1H3,(H,32,35)/t22-/m0/s1. The molecule has 7 nitrogen and oxygen atoms in total. The molecule has 6 N–H and O–H groups in total. The van der Waals surface area contributed by atoms with E-state index in [9.17, 15) is 9.59 Å². The van der Waals surface area contributed by atoms with Crippen molar-refractivity contribution in [2.24, 2.45) is 5.73 Å². The summed E-state index contributed by atoms with van der Waals surface area (Å²) < 4.78 is 5.05. The molecule has 1 aliphatic rings. The molecule has 0 aliphatic heterocycles. The van der Waals surface area contributed by atoms with Gasteiger partial charge in [-0.2, -0.15) is 0 Å². The molecule has 0 radical (unpaired) electrons. The monoisotopic (exact) mass is 486 g/mol. The molecule has 36 heavy (non-hydrogen) atoms. The van der Waals surface area contributed by atoms with Gasteiger partial charge in [0.25, 0.3) is 5.91 Å². The first-order valence-electron chi connectivity index (χ1n) is 12.4. The van der Waals surface area contributed by atoms with Gasteiger partial charge in [-0.3, -0.25) is 9.59 Å². The summed E-state index contributed by atoms with van der Waals surface area (Å²) in [4.78, 5) is 26.2. The Morgan fingerprint density at radius 1 is 1.00 bits per heavy atom. The maximum absolute atomic E-state index is 13.4. The lowest BCUT2D eigenvalue weighted by molar-refractivity contribution is 0.0952. The van der Waals surface area contributed by atoms with Crippen LogP contribution in [0.4, 0.5) is 17.1 Å². The van der Waals surface area contributed by atoms with Gasteiger partial charge < -0.3 is 26.8 Å². The minimum atomic E-state index is -0.170. The van der Waals surface area contributed by atoms with Crippen LogP contribution in [0.1, 0.15) is 56.7 Å². The van der Waals surface area contributed by atoms with Crippen LogP contribution >= 0.6 is 0 Å². The smallest absolute Gasteiger partial charge is 0.251 e. The average molecular weight is 487 g/mol. The summed E-state index contributed by atoms with van der Waals surface area (Å²) in [7, 11) is 1.64. The van der Waals surface area contributed by atoms with Crippen molar-refractivity contribution < 1.29 is 14.3 Å². The maximum Gasteiger partial charge on any atom is 0.251 e. The number of carbonyl (C=O) groups excluding carboxylic acids is 2. The lowest BCUT2D eigenvalue weighted by atomic mass is 9.96. The molecular weight excluding hydrogens is 452 g/mol. The van der Waals surface area contributed by atoms with Crippen LogP contribution in [0.15, 0.2) is 60.7 Å². The van der Waals surface area contributed by atoms with E-state index in [0.717, 1.165) is 54.6 Å². The Bertz CT molecular complexity index is 1240. The summed E-state index contributed by atoms with van der Waals surface area (Å²) in [6, 6.07) is 18.8. The zero-order valence-corrected chi connectivity index (χ0v) is 20.7. The Morgan fingerprint density at radius 3 is 2.61 bits per heavy atom. The highest BCUT2D eigenvalue weighted by atomic mass is 16.5. The molecule has 0 aromatic heterocycles. The first kappa shape index (κ1) is 25.4. The molecule has 1 amide bonds. The molecule has 3 aromatic rings. The first-order chi connectivity index (χ1) is 17.5. The third-order valence-electron chi connectivity index (χ3n) is 6.54. The summed E-state index contributed by atoms with van der Waals surface area (Å²) in [5, 5.41) is 6.30. The van der Waals surface area contributed by atoms with Gasteiger partial charge in [-0.25, -0.2) is 0 Å². The number of ketones is 1. The summed E-state index contributed by atoms with van der Waals surface area (Å²) in [6.45, 7) is 1.10. The highest BCUT2D eigenvalue weighted by Crippen LogP contribution is 2.29. The Kier molecular flexibility index (Phi) is 8.36. The van der Waals surface area contributed by atoms with E-state index in [1.54, 1.807) is 19.2 Å². The number of anilines is 3. The summed E-state index contributed by atoms with van der Waals surface area (Å²) in [5.41, 5.74) is 18.1. The Labute approximate surface area is 212 Å². The number of nitrogens with two attached hydrogens (primary N) is 2. The van der Waals surface area contributed by atoms with Gasteiger partial charge in [0.2, 0.25) is 0 Å². The zero-order chi connectivity index (χ0) is 25.5. The molecule has 0 bridgehead atoms. The number of aryl methyl sites for hydroxylation is 2. The number of ether oxygens (including phenoxy) is 1. The van der Waals surface area contributed by atoms with E-state index in [1.165, 1.54) is 0 Å². The molecule has 0 saturated carbocycles. The minimum Gasteiger partial charge on any atom is -0.397 e. The normalized spacial score (nSPS) is 13.3. The van der Waals surface area contributed by atoms with E-state index in [2.05, 4.69) is 10.6 Å². The molecule has 3 aromatic carbocycles. The predicted molar refractivity (Wildman–Crippen MR) is 144 cm³/mol. The van der Waals surface area contributed by atoms with E-state index < -0.39 is 0 Å². The van der Waals surface area contributed by atoms with Gasteiger partial charge in [0.05, 0.1) is 18.0 Å². The molecule has 7 heteroatoms. The van der Waals surface area contributed by atoms with E-state index in [0.29, 0.717) is 35.5 Å². The minimum absolute atomic E-state index is 0.0208. The van der Waals surface area contributed by atoms with Crippen LogP contribution in [0.25, 0.3) is 0 Å². The molecule has 1 atom stereocenters. The lowest BCUT2D eigenvalue weighted by Crippen LogP contribution is -2.27. The van der Waals surface area contributed by atoms with Crippen LogP contribution < -0.4 is 22.1 Å². The second-order valence-electron chi connectivity index (χ2n) is 9.25. The Morgan fingerprint density at radius 2 is 1.81 bits per heavy atom. The SMILES string of the molecule is COC[C@@H](N)CCCCNC(=O)c1ccc2c(c1)C(=O)c1ccc(Nc3ccccc3N)cc1CC2. The second kappa shape index (κ2) is 11.8. The number of fused-ring (bicyclic) bond motifs is 2. The molecular formula is C29H34N4O3. The quantitative estimate of drug-likeness (QED) is 0.252. The van der Waals surface area contributed by atoms with Crippen molar-refractivity contribution in [3.05, 3.63) is 88.5 Å². The fourth-order valence-electron chi connectivity index (χ4n) is 4.56. The highest BCUT2D eigenvalue weighted by molar-refractivity contribution is 6.12. The average Bonchev–Trinajstić information content (AvgIpc) is 3.01. The summed E-state index contributed by atoms with van der Waals surface area (Å²) in [5.74, 6) is -0.221. The van der Waals surface area contributed by atoms with E-state index in [-0.39, 0.29) is 17.7 Å². The van der Waals surface area contributed by atoms with Crippen molar-refractivity contribution in [1.29, 1.82) is 0 Å². The first-order valence-corrected chi connectivity index (χ1v) is 12.4. The van der Waals surface area contributed by atoms with Crippen molar-refractivity contribution in [3.8, 4) is 0 Å². The lowest BCUT2D eigenvalue weighted by Gasteiger charge is -2.12. The van der Waals surface area contributed by atoms with Gasteiger partial charge in [-0.15, -0.1) is 0 Å². The number of para-hydroxylation sites is 2. The summed E-state index contributed by atoms with van der Waals surface area (Å²) in [6.07, 6.45) is 4.08. The van der Waals surface area contributed by atoms with E-state index in [1.807, 2.05) is 48.5 Å². The van der Waals surface area contributed by atoms with Gasteiger partial charge in [0.1, 0.15) is 0 Å². The fourth-order valence-corrected chi connectivity index (χ4v) is 4.56. The number of carbonyl (C=O) groups is 2. The van der Waals surface area contributed by atoms with Crippen LogP contribution in [0, 0.1) is 0 Å². The molecule has 0 heterocycles. The predicted octanol–water partition coefficient (Wildman–Crippen LogP) is 4.22. The molecule has 0 spiro atoms. The second-order valence-corrected chi connectivity index (χ2v) is 9.25. The third-order valence-corrected chi connectivity index (χ3v) is 6.54. The van der Waals surface area contributed by atoms with E-state index in [4.69, 9.17) is 16.2 Å². The van der Waals surface area contributed by atoms with Gasteiger partial charge >= 0.3 is 0 Å². The largest absolute Gasteiger partial charge is 0.397 e. The Balaban J connectivity index is 1.42. The topological polar surface area (TPSA) is 119 Å². The Hall–Kier alpha value is -3.68. The third kappa shape index (κ3) is 6.11. The van der Waals surface area contributed by atoms with Gasteiger partial charge in [-0.1, -0.05) is 24.6 Å². The number of benzene rings is 3. The van der Waals surface area contributed by atoms with Crippen LogP contribution in [0.2, 0.25) is 0 Å². The molecule has 4 rings (SSSR count). The number of amides is 1. The number of nitrogens with one attached hydrogen (secondary N) is 2. The number of hydrogen-bond acceptors (Lipinski definition) is 6. The molecule has 0 fully saturated rings. The summed E-state index contributed by atoms with van der Waals surface area (Å²) >= 11 is 0.